The Labute approximate surface area is 106 Å². The average Bonchev–Trinajstić information content (AvgIpc) is 2.35. The molecule has 2 amide bonds. The molecule has 0 aromatic heterocycles. The fraction of sp³-hybridized carbons (Fsp3) is 0.818. The van der Waals surface area contributed by atoms with Crippen molar-refractivity contribution in [3.05, 3.63) is 0 Å². The second kappa shape index (κ2) is 7.88. The third kappa shape index (κ3) is 5.83. The van der Waals surface area contributed by atoms with E-state index < -0.39 is 5.97 Å². The molecule has 1 aliphatic heterocycles. The fourth-order valence-corrected chi connectivity index (χ4v) is 1.59. The van der Waals surface area contributed by atoms with Crippen LogP contribution in [0.2, 0.25) is 0 Å². The lowest BCUT2D eigenvalue weighted by atomic mass is 10.1. The van der Waals surface area contributed by atoms with Crippen LogP contribution in [-0.4, -0.2) is 55.0 Å². The second-order valence-corrected chi connectivity index (χ2v) is 4.35. The van der Waals surface area contributed by atoms with Crippen molar-refractivity contribution in [2.45, 2.75) is 19.8 Å². The molecule has 0 radical (unpaired) electrons. The molecule has 0 aromatic carbocycles. The Morgan fingerprint density at radius 2 is 2.06 bits per heavy atom. The summed E-state index contributed by atoms with van der Waals surface area (Å²) in [5.74, 6) is -1.16. The second-order valence-electron chi connectivity index (χ2n) is 4.35. The Balaban J connectivity index is 2.04. The van der Waals surface area contributed by atoms with E-state index in [0.29, 0.717) is 45.7 Å². The number of carboxylic acid groups (broad SMARTS) is 1. The molecule has 3 N–H and O–H groups in total. The molecule has 0 saturated carbocycles. The fourth-order valence-electron chi connectivity index (χ4n) is 1.59. The first-order valence-electron chi connectivity index (χ1n) is 6.19. The van der Waals surface area contributed by atoms with Gasteiger partial charge in [-0.05, 0) is 12.8 Å². The van der Waals surface area contributed by atoms with E-state index in [1.807, 2.05) is 0 Å². The van der Waals surface area contributed by atoms with Gasteiger partial charge in [-0.2, -0.15) is 0 Å². The van der Waals surface area contributed by atoms with Crippen molar-refractivity contribution in [1.29, 1.82) is 0 Å². The van der Waals surface area contributed by atoms with Crippen LogP contribution >= 0.6 is 0 Å². The lowest BCUT2D eigenvalue weighted by molar-refractivity contribution is -0.141. The average molecular weight is 259 g/mol. The summed E-state index contributed by atoms with van der Waals surface area (Å²) in [5, 5.41) is 13.2. The van der Waals surface area contributed by atoms with Crippen LogP contribution in [0.5, 0.6) is 0 Å². The van der Waals surface area contributed by atoms with E-state index in [2.05, 4.69) is 10.7 Å². The van der Waals surface area contributed by atoms with Gasteiger partial charge in [0.25, 0.3) is 0 Å². The van der Waals surface area contributed by atoms with Crippen LogP contribution in [0, 0.1) is 5.92 Å². The maximum absolute atomic E-state index is 11.5. The van der Waals surface area contributed by atoms with E-state index in [4.69, 9.17) is 9.84 Å². The topological polar surface area (TPSA) is 90.9 Å². The number of aliphatic carboxylic acids is 1. The molecule has 1 fully saturated rings. The highest BCUT2D eigenvalue weighted by molar-refractivity contribution is 5.73. The first-order chi connectivity index (χ1) is 8.59. The van der Waals surface area contributed by atoms with Gasteiger partial charge in [0.15, 0.2) is 0 Å². The Morgan fingerprint density at radius 3 is 2.67 bits per heavy atom. The van der Waals surface area contributed by atoms with E-state index in [1.165, 1.54) is 0 Å². The molecule has 18 heavy (non-hydrogen) atoms. The van der Waals surface area contributed by atoms with Crippen LogP contribution < -0.4 is 10.7 Å². The molecular formula is C11H21N3O4. The van der Waals surface area contributed by atoms with E-state index >= 15 is 0 Å². The maximum Gasteiger partial charge on any atom is 0.329 e. The molecular weight excluding hydrogens is 238 g/mol. The number of carbonyl (C=O) groups excluding carboxylic acids is 1. The molecule has 0 spiro atoms. The lowest BCUT2D eigenvalue weighted by Crippen LogP contribution is -2.51. The number of carbonyl (C=O) groups is 2. The first-order valence-corrected chi connectivity index (χ1v) is 6.19. The van der Waals surface area contributed by atoms with Crippen LogP contribution in [0.25, 0.3) is 0 Å². The summed E-state index contributed by atoms with van der Waals surface area (Å²) < 4.78 is 5.16. The lowest BCUT2D eigenvalue weighted by Gasteiger charge is -2.26. The number of carboxylic acids is 1. The zero-order chi connectivity index (χ0) is 13.4. The van der Waals surface area contributed by atoms with Crippen LogP contribution in [0.15, 0.2) is 0 Å². The minimum atomic E-state index is -0.798. The number of morpholine rings is 1. The van der Waals surface area contributed by atoms with Crippen LogP contribution in [0.1, 0.15) is 19.8 Å². The molecule has 7 heteroatoms. The van der Waals surface area contributed by atoms with E-state index in [1.54, 1.807) is 11.9 Å². The Bertz CT molecular complexity index is 279. The number of hydrogen-bond acceptors (Lipinski definition) is 4. The highest BCUT2D eigenvalue weighted by Gasteiger charge is 2.13. The number of ether oxygens (including phenoxy) is 1. The van der Waals surface area contributed by atoms with Gasteiger partial charge in [-0.25, -0.2) is 9.80 Å². The monoisotopic (exact) mass is 259 g/mol. The summed E-state index contributed by atoms with van der Waals surface area (Å²) in [6.07, 6.45) is 1.22. The molecule has 0 aromatic rings. The number of rotatable bonds is 6. The molecule has 7 nitrogen and oxygen atoms in total. The number of nitrogens with one attached hydrogen (secondary N) is 2. The number of hydrogen-bond donors (Lipinski definition) is 3. The highest BCUT2D eigenvalue weighted by Crippen LogP contribution is 2.04. The van der Waals surface area contributed by atoms with Gasteiger partial charge < -0.3 is 15.2 Å². The van der Waals surface area contributed by atoms with Crippen LogP contribution in [0.4, 0.5) is 4.79 Å². The van der Waals surface area contributed by atoms with Crippen molar-refractivity contribution in [2.75, 3.05) is 32.8 Å². The number of nitrogens with zero attached hydrogens (tertiary/aromatic N) is 1. The third-order valence-corrected chi connectivity index (χ3v) is 2.79. The SMILES string of the molecule is CC(CCCNC(=O)NN1CCOCC1)C(=O)O. The smallest absolute Gasteiger partial charge is 0.329 e. The molecule has 1 aliphatic rings. The van der Waals surface area contributed by atoms with Gasteiger partial charge in [0.2, 0.25) is 0 Å². The van der Waals surface area contributed by atoms with Gasteiger partial charge in [-0.1, -0.05) is 6.92 Å². The standard InChI is InChI=1S/C11H21N3O4/c1-9(10(15)16)3-2-4-12-11(17)13-14-5-7-18-8-6-14/h9H,2-8H2,1H3,(H,15,16)(H2,12,13,17). The zero-order valence-electron chi connectivity index (χ0n) is 10.6. The van der Waals surface area contributed by atoms with Crippen molar-refractivity contribution in [1.82, 2.24) is 15.8 Å². The van der Waals surface area contributed by atoms with Crippen molar-refractivity contribution >= 4 is 12.0 Å². The van der Waals surface area contributed by atoms with Crippen LogP contribution in [-0.2, 0) is 9.53 Å². The Kier molecular flexibility index (Phi) is 6.45. The molecule has 104 valence electrons. The summed E-state index contributed by atoms with van der Waals surface area (Å²) in [5.41, 5.74) is 2.72. The van der Waals surface area contributed by atoms with Gasteiger partial charge in [-0.3, -0.25) is 10.2 Å². The van der Waals surface area contributed by atoms with Crippen molar-refractivity contribution < 1.29 is 19.4 Å². The van der Waals surface area contributed by atoms with Gasteiger partial charge in [-0.15, -0.1) is 0 Å². The first kappa shape index (κ1) is 14.7. The minimum Gasteiger partial charge on any atom is -0.481 e. The number of urea groups is 1. The molecule has 1 saturated heterocycles. The minimum absolute atomic E-state index is 0.250. The molecule has 1 unspecified atom stereocenters. The summed E-state index contributed by atoms with van der Waals surface area (Å²) in [6.45, 7) is 4.75. The summed E-state index contributed by atoms with van der Waals surface area (Å²) >= 11 is 0. The predicted molar refractivity (Wildman–Crippen MR) is 65.0 cm³/mol. The molecule has 1 heterocycles. The van der Waals surface area contributed by atoms with Crippen molar-refractivity contribution in [2.24, 2.45) is 5.92 Å². The largest absolute Gasteiger partial charge is 0.481 e. The summed E-state index contributed by atoms with van der Waals surface area (Å²) in [7, 11) is 0. The third-order valence-electron chi connectivity index (χ3n) is 2.79. The van der Waals surface area contributed by atoms with Gasteiger partial charge in [0, 0.05) is 19.6 Å². The normalized spacial score (nSPS) is 18.1. The molecule has 1 rings (SSSR count). The molecule has 0 aliphatic carbocycles. The van der Waals surface area contributed by atoms with Crippen molar-refractivity contribution in [3.8, 4) is 0 Å². The van der Waals surface area contributed by atoms with Gasteiger partial charge in [0.1, 0.15) is 0 Å². The maximum atomic E-state index is 11.5. The van der Waals surface area contributed by atoms with E-state index in [9.17, 15) is 9.59 Å². The number of hydrazine groups is 1. The highest BCUT2D eigenvalue weighted by atomic mass is 16.5. The van der Waals surface area contributed by atoms with Crippen LogP contribution in [0.3, 0.4) is 0 Å². The predicted octanol–water partition coefficient (Wildman–Crippen LogP) is 0.0337. The van der Waals surface area contributed by atoms with E-state index in [-0.39, 0.29) is 11.9 Å². The Hall–Kier alpha value is -1.34. The zero-order valence-corrected chi connectivity index (χ0v) is 10.6. The Morgan fingerprint density at radius 1 is 1.39 bits per heavy atom. The van der Waals surface area contributed by atoms with Gasteiger partial charge >= 0.3 is 12.0 Å². The summed E-state index contributed by atoms with van der Waals surface area (Å²) in [4.78, 5) is 22.0. The molecule has 0 bridgehead atoms. The summed E-state index contributed by atoms with van der Waals surface area (Å²) in [6, 6.07) is -0.250. The molecule has 1 atom stereocenters. The van der Waals surface area contributed by atoms with E-state index in [0.717, 1.165) is 0 Å². The van der Waals surface area contributed by atoms with Crippen molar-refractivity contribution in [3.63, 3.8) is 0 Å². The quantitative estimate of drug-likeness (QED) is 0.586. The van der Waals surface area contributed by atoms with Gasteiger partial charge in [0.05, 0.1) is 19.1 Å². The number of amides is 2.